The Labute approximate surface area is 137 Å². The minimum atomic E-state index is -0.522. The van der Waals surface area contributed by atoms with E-state index in [9.17, 15) is 0 Å². The van der Waals surface area contributed by atoms with E-state index in [0.29, 0.717) is 0 Å². The van der Waals surface area contributed by atoms with Gasteiger partial charge in [0.05, 0.1) is 5.54 Å². The first-order valence-electron chi connectivity index (χ1n) is 8.14. The third kappa shape index (κ3) is 1.90. The maximum Gasteiger partial charge on any atom is 0.0766 e. The average Bonchev–Trinajstić information content (AvgIpc) is 2.86. The summed E-state index contributed by atoms with van der Waals surface area (Å²) >= 11 is 0. The molecule has 1 aliphatic carbocycles. The van der Waals surface area contributed by atoms with Crippen LogP contribution in [0.2, 0.25) is 0 Å². The first kappa shape index (κ1) is 14.2. The summed E-state index contributed by atoms with van der Waals surface area (Å²) in [6, 6.07) is 29.8. The lowest BCUT2D eigenvalue weighted by Crippen LogP contribution is -2.52. The lowest BCUT2D eigenvalue weighted by atomic mass is 9.64. The normalized spacial score (nSPS) is 26.0. The first-order chi connectivity index (χ1) is 11.2. The molecule has 23 heavy (non-hydrogen) atoms. The molecule has 0 saturated carbocycles. The van der Waals surface area contributed by atoms with Crippen LogP contribution in [0.3, 0.4) is 0 Å². The predicted octanol–water partition coefficient (Wildman–Crippen LogP) is 4.40. The van der Waals surface area contributed by atoms with Gasteiger partial charge >= 0.3 is 0 Å². The fraction of sp³-hybridized carbons (Fsp3) is 0.182. The molecule has 0 unspecified atom stereocenters. The van der Waals surface area contributed by atoms with E-state index in [1.807, 2.05) is 6.07 Å². The molecular weight excluding hydrogens is 278 g/mol. The standard InChI is InChI=1S/C22H21N/c1-21(18-11-4-2-5-12-18)16-17-10-8-9-15-20(17)22(21,23)19-13-6-3-7-14-19/h2-15H,16,23H2,1H3/t21-,22+/m0/s1. The summed E-state index contributed by atoms with van der Waals surface area (Å²) in [5, 5.41) is 0. The second-order valence-electron chi connectivity index (χ2n) is 6.71. The Morgan fingerprint density at radius 2 is 1.22 bits per heavy atom. The number of hydrogen-bond acceptors (Lipinski definition) is 1. The zero-order valence-corrected chi connectivity index (χ0v) is 13.4. The maximum atomic E-state index is 7.20. The average molecular weight is 299 g/mol. The van der Waals surface area contributed by atoms with Gasteiger partial charge in [-0.3, -0.25) is 0 Å². The van der Waals surface area contributed by atoms with Crippen LogP contribution in [0.4, 0.5) is 0 Å². The number of nitrogens with two attached hydrogens (primary N) is 1. The van der Waals surface area contributed by atoms with E-state index in [1.165, 1.54) is 22.3 Å². The Morgan fingerprint density at radius 1 is 0.696 bits per heavy atom. The second-order valence-corrected chi connectivity index (χ2v) is 6.71. The molecule has 1 nitrogen and oxygen atoms in total. The molecule has 0 heterocycles. The minimum absolute atomic E-state index is 0.167. The molecule has 114 valence electrons. The number of rotatable bonds is 2. The highest BCUT2D eigenvalue weighted by molar-refractivity contribution is 5.55. The molecule has 0 amide bonds. The predicted molar refractivity (Wildman–Crippen MR) is 95.3 cm³/mol. The fourth-order valence-corrected chi connectivity index (χ4v) is 4.19. The van der Waals surface area contributed by atoms with Crippen molar-refractivity contribution in [2.75, 3.05) is 0 Å². The summed E-state index contributed by atoms with van der Waals surface area (Å²) in [4.78, 5) is 0. The van der Waals surface area contributed by atoms with Gasteiger partial charge in [-0.1, -0.05) is 91.9 Å². The zero-order valence-electron chi connectivity index (χ0n) is 13.4. The van der Waals surface area contributed by atoms with Gasteiger partial charge < -0.3 is 5.73 Å². The molecule has 2 atom stereocenters. The van der Waals surface area contributed by atoms with Crippen LogP contribution in [0.25, 0.3) is 0 Å². The van der Waals surface area contributed by atoms with Gasteiger partial charge in [-0.25, -0.2) is 0 Å². The van der Waals surface area contributed by atoms with Crippen LogP contribution >= 0.6 is 0 Å². The van der Waals surface area contributed by atoms with E-state index in [-0.39, 0.29) is 5.41 Å². The van der Waals surface area contributed by atoms with Gasteiger partial charge in [-0.2, -0.15) is 0 Å². The molecule has 0 saturated heterocycles. The molecule has 0 radical (unpaired) electrons. The van der Waals surface area contributed by atoms with Gasteiger partial charge in [0.2, 0.25) is 0 Å². The second kappa shape index (κ2) is 5.07. The van der Waals surface area contributed by atoms with Gasteiger partial charge in [0.25, 0.3) is 0 Å². The van der Waals surface area contributed by atoms with Crippen LogP contribution in [0.15, 0.2) is 84.9 Å². The summed E-state index contributed by atoms with van der Waals surface area (Å²) in [7, 11) is 0. The van der Waals surface area contributed by atoms with E-state index in [0.717, 1.165) is 6.42 Å². The lowest BCUT2D eigenvalue weighted by Gasteiger charge is -2.42. The molecular formula is C22H21N. The topological polar surface area (TPSA) is 26.0 Å². The van der Waals surface area contributed by atoms with E-state index in [2.05, 4.69) is 85.8 Å². The molecule has 0 aromatic heterocycles. The quantitative estimate of drug-likeness (QED) is 0.745. The van der Waals surface area contributed by atoms with E-state index >= 15 is 0 Å². The van der Waals surface area contributed by atoms with Crippen molar-refractivity contribution >= 4 is 0 Å². The largest absolute Gasteiger partial charge is 0.317 e. The molecule has 0 bridgehead atoms. The Kier molecular flexibility index (Phi) is 3.14. The third-order valence-corrected chi connectivity index (χ3v) is 5.50. The fourth-order valence-electron chi connectivity index (χ4n) is 4.19. The third-order valence-electron chi connectivity index (χ3n) is 5.50. The van der Waals surface area contributed by atoms with Gasteiger partial charge in [0.15, 0.2) is 0 Å². The monoisotopic (exact) mass is 299 g/mol. The van der Waals surface area contributed by atoms with Crippen LogP contribution in [0.5, 0.6) is 0 Å². The van der Waals surface area contributed by atoms with Crippen molar-refractivity contribution in [2.24, 2.45) is 5.73 Å². The van der Waals surface area contributed by atoms with E-state index in [4.69, 9.17) is 5.73 Å². The van der Waals surface area contributed by atoms with Crippen LogP contribution in [-0.4, -0.2) is 0 Å². The smallest absolute Gasteiger partial charge is 0.0766 e. The summed E-state index contributed by atoms with van der Waals surface area (Å²) in [6.07, 6.45) is 0.957. The lowest BCUT2D eigenvalue weighted by molar-refractivity contribution is 0.315. The Bertz CT molecular complexity index is 825. The van der Waals surface area contributed by atoms with Crippen molar-refractivity contribution in [3.05, 3.63) is 107 Å². The van der Waals surface area contributed by atoms with Crippen LogP contribution in [0, 0.1) is 0 Å². The summed E-state index contributed by atoms with van der Waals surface area (Å²) < 4.78 is 0. The zero-order chi connectivity index (χ0) is 15.9. The van der Waals surface area contributed by atoms with Crippen molar-refractivity contribution in [1.82, 2.24) is 0 Å². The molecule has 3 aromatic rings. The van der Waals surface area contributed by atoms with Gasteiger partial charge in [0.1, 0.15) is 0 Å². The Hall–Kier alpha value is -2.38. The Morgan fingerprint density at radius 3 is 1.87 bits per heavy atom. The molecule has 1 aliphatic rings. The van der Waals surface area contributed by atoms with E-state index in [1.54, 1.807) is 0 Å². The van der Waals surface area contributed by atoms with Gasteiger partial charge in [-0.15, -0.1) is 0 Å². The van der Waals surface area contributed by atoms with Crippen molar-refractivity contribution < 1.29 is 0 Å². The number of benzene rings is 3. The van der Waals surface area contributed by atoms with Crippen LogP contribution in [0.1, 0.15) is 29.2 Å². The molecule has 0 aliphatic heterocycles. The summed E-state index contributed by atoms with van der Waals surface area (Å²) in [6.45, 7) is 2.30. The highest BCUT2D eigenvalue weighted by atomic mass is 14.8. The van der Waals surface area contributed by atoms with Crippen molar-refractivity contribution in [2.45, 2.75) is 24.3 Å². The molecule has 2 N–H and O–H groups in total. The van der Waals surface area contributed by atoms with Crippen LogP contribution in [-0.2, 0) is 17.4 Å². The summed E-state index contributed by atoms with van der Waals surface area (Å²) in [5.41, 5.74) is 11.6. The first-order valence-corrected chi connectivity index (χ1v) is 8.14. The van der Waals surface area contributed by atoms with Gasteiger partial charge in [-0.05, 0) is 28.7 Å². The van der Waals surface area contributed by atoms with Gasteiger partial charge in [0, 0.05) is 5.41 Å². The molecule has 3 aromatic carbocycles. The molecule has 4 rings (SSSR count). The number of hydrogen-bond donors (Lipinski definition) is 1. The highest BCUT2D eigenvalue weighted by Crippen LogP contribution is 2.53. The minimum Gasteiger partial charge on any atom is -0.317 e. The van der Waals surface area contributed by atoms with Crippen molar-refractivity contribution in [3.8, 4) is 0 Å². The summed E-state index contributed by atoms with van der Waals surface area (Å²) in [5.74, 6) is 0. The molecule has 1 heteroatoms. The van der Waals surface area contributed by atoms with Crippen molar-refractivity contribution in [3.63, 3.8) is 0 Å². The van der Waals surface area contributed by atoms with E-state index < -0.39 is 5.54 Å². The van der Waals surface area contributed by atoms with Crippen LogP contribution < -0.4 is 5.73 Å². The molecule has 0 spiro atoms. The Balaban J connectivity index is 2.01. The number of fused-ring (bicyclic) bond motifs is 1. The SMILES string of the molecule is C[C@@]1(c2ccccc2)Cc2ccccc2[C@]1(N)c1ccccc1. The highest BCUT2D eigenvalue weighted by Gasteiger charge is 2.54. The molecule has 0 fully saturated rings. The van der Waals surface area contributed by atoms with Crippen molar-refractivity contribution in [1.29, 1.82) is 0 Å². The maximum absolute atomic E-state index is 7.20.